The Morgan fingerprint density at radius 2 is 2.23 bits per heavy atom. The summed E-state index contributed by atoms with van der Waals surface area (Å²) in [4.78, 5) is 23.6. The van der Waals surface area contributed by atoms with Crippen molar-refractivity contribution in [1.29, 1.82) is 0 Å². The van der Waals surface area contributed by atoms with E-state index in [4.69, 9.17) is 0 Å². The van der Waals surface area contributed by atoms with E-state index in [1.807, 2.05) is 0 Å². The number of unbranched alkanes of at least 4 members (excludes halogenated alkanes) is 1. The van der Waals surface area contributed by atoms with Crippen molar-refractivity contribution in [3.8, 4) is 0 Å². The van der Waals surface area contributed by atoms with Crippen molar-refractivity contribution in [2.45, 2.75) is 32.2 Å². The van der Waals surface area contributed by atoms with Crippen LogP contribution in [0.4, 0.5) is 0 Å². The monoisotopic (exact) mass is 184 g/mol. The van der Waals surface area contributed by atoms with Crippen LogP contribution in [0.1, 0.15) is 26.2 Å². The summed E-state index contributed by atoms with van der Waals surface area (Å²) in [5.74, 6) is -0.180. The second-order valence-corrected chi connectivity index (χ2v) is 3.36. The molecule has 1 heterocycles. The fourth-order valence-electron chi connectivity index (χ4n) is 1.37. The number of nitrogens with zero attached hydrogens (tertiary/aromatic N) is 1. The topological polar surface area (TPSA) is 49.4 Å². The van der Waals surface area contributed by atoms with Gasteiger partial charge in [-0.05, 0) is 13.0 Å². The molecule has 0 spiro atoms. The van der Waals surface area contributed by atoms with E-state index in [0.717, 1.165) is 19.4 Å². The molecule has 1 aliphatic rings. The largest absolute Gasteiger partial charge is 0.305 e. The Morgan fingerprint density at radius 1 is 1.54 bits per heavy atom. The molecule has 0 aromatic rings. The zero-order valence-corrected chi connectivity index (χ0v) is 8.17. The van der Waals surface area contributed by atoms with Crippen molar-refractivity contribution < 1.29 is 9.59 Å². The van der Waals surface area contributed by atoms with Crippen molar-refractivity contribution in [2.24, 2.45) is 0 Å². The number of nitrogens with one attached hydrogen (secondary N) is 1. The first kappa shape index (κ1) is 10.2. The predicted octanol–water partition coefficient (Wildman–Crippen LogP) is 0.133. The molecule has 1 aliphatic heterocycles. The van der Waals surface area contributed by atoms with Gasteiger partial charge in [0.1, 0.15) is 0 Å². The van der Waals surface area contributed by atoms with E-state index in [2.05, 4.69) is 12.2 Å². The highest BCUT2D eigenvalue weighted by Crippen LogP contribution is 2.10. The van der Waals surface area contributed by atoms with Gasteiger partial charge in [0.15, 0.2) is 0 Å². The maximum Gasteiger partial charge on any atom is 0.246 e. The van der Waals surface area contributed by atoms with Crippen LogP contribution in [0.2, 0.25) is 0 Å². The van der Waals surface area contributed by atoms with Crippen LogP contribution in [0.3, 0.4) is 0 Å². The molecule has 2 amide bonds. The van der Waals surface area contributed by atoms with E-state index in [9.17, 15) is 9.59 Å². The van der Waals surface area contributed by atoms with Crippen LogP contribution in [0.5, 0.6) is 0 Å². The number of hydrogen-bond donors (Lipinski definition) is 1. The van der Waals surface area contributed by atoms with E-state index >= 15 is 0 Å². The van der Waals surface area contributed by atoms with E-state index in [1.54, 1.807) is 0 Å². The Bertz CT molecular complexity index is 216. The molecule has 1 fully saturated rings. The molecule has 1 saturated heterocycles. The van der Waals surface area contributed by atoms with Gasteiger partial charge in [0.05, 0.1) is 12.5 Å². The van der Waals surface area contributed by atoms with Crippen molar-refractivity contribution in [3.05, 3.63) is 0 Å². The summed E-state index contributed by atoms with van der Waals surface area (Å²) in [6, 6.07) is -0.274. The Kier molecular flexibility index (Phi) is 3.42. The third kappa shape index (κ3) is 2.28. The van der Waals surface area contributed by atoms with Crippen molar-refractivity contribution in [1.82, 2.24) is 10.2 Å². The number of hydrogen-bond acceptors (Lipinski definition) is 3. The molecule has 4 heteroatoms. The lowest BCUT2D eigenvalue weighted by Crippen LogP contribution is -2.37. The Balaban J connectivity index is 2.36. The number of likely N-dealkylation sites (tertiary alicyclic amines) is 1. The number of imide groups is 1. The number of rotatable bonds is 4. The maximum atomic E-state index is 11.4. The number of amides is 2. The summed E-state index contributed by atoms with van der Waals surface area (Å²) in [7, 11) is 1.53. The van der Waals surface area contributed by atoms with Crippen LogP contribution >= 0.6 is 0 Å². The average Bonchev–Trinajstić information content (AvgIpc) is 2.34. The van der Waals surface area contributed by atoms with Crippen LogP contribution in [-0.4, -0.2) is 36.3 Å². The third-order valence-corrected chi connectivity index (χ3v) is 2.30. The van der Waals surface area contributed by atoms with Gasteiger partial charge >= 0.3 is 0 Å². The summed E-state index contributed by atoms with van der Waals surface area (Å²) in [5.41, 5.74) is 0. The second kappa shape index (κ2) is 4.37. The minimum Gasteiger partial charge on any atom is -0.305 e. The zero-order chi connectivity index (χ0) is 9.84. The molecular weight excluding hydrogens is 168 g/mol. The van der Waals surface area contributed by atoms with Crippen molar-refractivity contribution in [3.63, 3.8) is 0 Å². The lowest BCUT2D eigenvalue weighted by molar-refractivity contribution is -0.137. The molecule has 1 rings (SSSR count). The van der Waals surface area contributed by atoms with Crippen molar-refractivity contribution >= 4 is 11.8 Å². The molecule has 0 radical (unpaired) electrons. The van der Waals surface area contributed by atoms with E-state index in [-0.39, 0.29) is 17.9 Å². The molecule has 13 heavy (non-hydrogen) atoms. The molecule has 0 saturated carbocycles. The van der Waals surface area contributed by atoms with Crippen LogP contribution in [0, 0.1) is 0 Å². The van der Waals surface area contributed by atoms with E-state index in [0.29, 0.717) is 6.42 Å². The first-order valence-corrected chi connectivity index (χ1v) is 4.70. The Labute approximate surface area is 78.3 Å². The molecule has 0 aromatic carbocycles. The lowest BCUT2D eigenvalue weighted by atomic mass is 10.2. The Morgan fingerprint density at radius 3 is 2.69 bits per heavy atom. The first-order valence-electron chi connectivity index (χ1n) is 4.70. The lowest BCUT2D eigenvalue weighted by Gasteiger charge is -2.09. The standard InChI is InChI=1S/C9H16N2O2/c1-3-4-5-10-7-6-8(12)11(2)9(7)13/h7,10H,3-6H2,1-2H3. The molecule has 0 aromatic heterocycles. The smallest absolute Gasteiger partial charge is 0.246 e. The molecule has 1 atom stereocenters. The molecule has 0 bridgehead atoms. The van der Waals surface area contributed by atoms with Crippen LogP contribution in [-0.2, 0) is 9.59 Å². The quantitative estimate of drug-likeness (QED) is 0.499. The summed E-state index contributed by atoms with van der Waals surface area (Å²) in [6.07, 6.45) is 2.46. The average molecular weight is 184 g/mol. The summed E-state index contributed by atoms with van der Waals surface area (Å²) in [6.45, 7) is 2.91. The Hall–Kier alpha value is -0.900. The van der Waals surface area contributed by atoms with Gasteiger partial charge in [-0.2, -0.15) is 0 Å². The molecule has 1 N–H and O–H groups in total. The minimum absolute atomic E-state index is 0.0843. The van der Waals surface area contributed by atoms with Gasteiger partial charge in [0.2, 0.25) is 11.8 Å². The second-order valence-electron chi connectivity index (χ2n) is 3.36. The highest BCUT2D eigenvalue weighted by atomic mass is 16.2. The summed E-state index contributed by atoms with van der Waals surface area (Å²) < 4.78 is 0. The first-order chi connectivity index (χ1) is 6.16. The molecule has 0 aliphatic carbocycles. The number of carbonyl (C=O) groups is 2. The molecule has 1 unspecified atom stereocenters. The van der Waals surface area contributed by atoms with Gasteiger partial charge < -0.3 is 5.32 Å². The van der Waals surface area contributed by atoms with E-state index < -0.39 is 0 Å². The summed E-state index contributed by atoms with van der Waals surface area (Å²) in [5, 5.41) is 3.08. The number of likely N-dealkylation sites (N-methyl/N-ethyl adjacent to an activating group) is 1. The van der Waals surface area contributed by atoms with Gasteiger partial charge in [-0.25, -0.2) is 0 Å². The highest BCUT2D eigenvalue weighted by Gasteiger charge is 2.35. The molecular formula is C9H16N2O2. The van der Waals surface area contributed by atoms with Gasteiger partial charge in [-0.15, -0.1) is 0 Å². The third-order valence-electron chi connectivity index (χ3n) is 2.30. The fraction of sp³-hybridized carbons (Fsp3) is 0.778. The minimum atomic E-state index is -0.274. The SMILES string of the molecule is CCCCNC1CC(=O)N(C)C1=O. The highest BCUT2D eigenvalue weighted by molar-refractivity contribution is 6.05. The fourth-order valence-corrected chi connectivity index (χ4v) is 1.37. The molecule has 74 valence electrons. The molecule has 4 nitrogen and oxygen atoms in total. The van der Waals surface area contributed by atoms with Gasteiger partial charge in [-0.1, -0.05) is 13.3 Å². The predicted molar refractivity (Wildman–Crippen MR) is 49.1 cm³/mol. The van der Waals surface area contributed by atoms with Gasteiger partial charge in [0, 0.05) is 7.05 Å². The summed E-state index contributed by atoms with van der Waals surface area (Å²) >= 11 is 0. The van der Waals surface area contributed by atoms with Crippen LogP contribution in [0.25, 0.3) is 0 Å². The normalized spacial score (nSPS) is 22.9. The number of carbonyl (C=O) groups excluding carboxylic acids is 2. The van der Waals surface area contributed by atoms with Gasteiger partial charge in [-0.3, -0.25) is 14.5 Å². The van der Waals surface area contributed by atoms with Crippen LogP contribution in [0.15, 0.2) is 0 Å². The maximum absolute atomic E-state index is 11.4. The van der Waals surface area contributed by atoms with Crippen molar-refractivity contribution in [2.75, 3.05) is 13.6 Å². The van der Waals surface area contributed by atoms with E-state index in [1.165, 1.54) is 11.9 Å². The zero-order valence-electron chi connectivity index (χ0n) is 8.17. The van der Waals surface area contributed by atoms with Crippen LogP contribution < -0.4 is 5.32 Å². The van der Waals surface area contributed by atoms with Gasteiger partial charge in [0.25, 0.3) is 0 Å².